The number of halogens is 4. The molecule has 0 saturated carbocycles. The smallest absolute Gasteiger partial charge is 0.270 e. The van der Waals surface area contributed by atoms with Crippen LogP contribution in [0.4, 0.5) is 17.6 Å². The number of nitrogens with zero attached hydrogens (tertiary/aromatic N) is 1. The number of hydrogen-bond donors (Lipinski definition) is 0. The van der Waals surface area contributed by atoms with Crippen LogP contribution < -0.4 is 0 Å². The van der Waals surface area contributed by atoms with E-state index in [4.69, 9.17) is 0 Å². The van der Waals surface area contributed by atoms with Crippen molar-refractivity contribution in [1.29, 1.82) is 0 Å². The Bertz CT molecular complexity index is 216. The van der Waals surface area contributed by atoms with E-state index in [0.29, 0.717) is 13.1 Å². The molecule has 1 unspecified atom stereocenters. The zero-order valence-corrected chi connectivity index (χ0v) is 8.49. The van der Waals surface area contributed by atoms with Crippen LogP contribution in [0.3, 0.4) is 0 Å². The Hall–Kier alpha value is -0.580. The fourth-order valence-electron chi connectivity index (χ4n) is 1.68. The van der Waals surface area contributed by atoms with Gasteiger partial charge < -0.3 is 0 Å². The van der Waals surface area contributed by atoms with Crippen LogP contribution in [0.1, 0.15) is 25.7 Å². The highest BCUT2D eigenvalue weighted by molar-refractivity contribution is 5.08. The lowest BCUT2D eigenvalue weighted by atomic mass is 10.2. The summed E-state index contributed by atoms with van der Waals surface area (Å²) >= 11 is 0. The predicted molar refractivity (Wildman–Crippen MR) is 50.1 cm³/mol. The summed E-state index contributed by atoms with van der Waals surface area (Å²) in [6.45, 7) is 3.56. The van der Waals surface area contributed by atoms with E-state index >= 15 is 0 Å². The van der Waals surface area contributed by atoms with Gasteiger partial charge in [-0.2, -0.15) is 13.2 Å². The molecule has 1 saturated heterocycles. The van der Waals surface area contributed by atoms with Crippen molar-refractivity contribution >= 4 is 0 Å². The van der Waals surface area contributed by atoms with Crippen molar-refractivity contribution in [2.75, 3.05) is 13.1 Å². The molecule has 15 heavy (non-hydrogen) atoms. The van der Waals surface area contributed by atoms with Gasteiger partial charge in [0.1, 0.15) is 0 Å². The topological polar surface area (TPSA) is 3.24 Å². The second-order valence-corrected chi connectivity index (χ2v) is 3.81. The Kier molecular flexibility index (Phi) is 4.13. The van der Waals surface area contributed by atoms with Crippen molar-refractivity contribution in [3.63, 3.8) is 0 Å². The zero-order chi connectivity index (χ0) is 11.5. The van der Waals surface area contributed by atoms with Gasteiger partial charge in [0.2, 0.25) is 0 Å². The first-order valence-corrected chi connectivity index (χ1v) is 5.07. The highest BCUT2D eigenvalue weighted by Crippen LogP contribution is 2.30. The second kappa shape index (κ2) is 4.96. The summed E-state index contributed by atoms with van der Waals surface area (Å²) in [6, 6.07) is 0. The third kappa shape index (κ3) is 3.48. The lowest BCUT2D eigenvalue weighted by Crippen LogP contribution is -2.38. The van der Waals surface area contributed by atoms with E-state index in [1.807, 2.05) is 0 Å². The second-order valence-electron chi connectivity index (χ2n) is 3.81. The normalized spacial score (nSPS) is 22.1. The molecule has 1 heterocycles. The van der Waals surface area contributed by atoms with Crippen LogP contribution >= 0.6 is 0 Å². The zero-order valence-electron chi connectivity index (χ0n) is 8.49. The van der Waals surface area contributed by atoms with E-state index in [0.717, 1.165) is 25.7 Å². The molecule has 0 bridgehead atoms. The van der Waals surface area contributed by atoms with E-state index < -0.39 is 18.0 Å². The molecule has 1 atom stereocenters. The first kappa shape index (κ1) is 12.5. The molecule has 0 aliphatic carbocycles. The van der Waals surface area contributed by atoms with Gasteiger partial charge in [0.25, 0.3) is 0 Å². The molecule has 0 amide bonds. The Balaban J connectivity index is 2.58. The van der Waals surface area contributed by atoms with E-state index in [9.17, 15) is 17.6 Å². The van der Waals surface area contributed by atoms with Crippen molar-refractivity contribution in [2.45, 2.75) is 38.2 Å². The molecule has 5 heteroatoms. The number of rotatable bonds is 2. The van der Waals surface area contributed by atoms with E-state index in [2.05, 4.69) is 6.58 Å². The molecule has 1 aliphatic heterocycles. The summed E-state index contributed by atoms with van der Waals surface area (Å²) in [7, 11) is 0. The van der Waals surface area contributed by atoms with E-state index in [1.165, 1.54) is 4.90 Å². The Morgan fingerprint density at radius 1 is 1.07 bits per heavy atom. The largest absolute Gasteiger partial charge is 0.416 e. The average Bonchev–Trinajstić information content (AvgIpc) is 2.42. The third-order valence-electron chi connectivity index (χ3n) is 2.61. The van der Waals surface area contributed by atoms with Gasteiger partial charge in [-0.05, 0) is 12.8 Å². The Morgan fingerprint density at radius 3 is 1.93 bits per heavy atom. The minimum absolute atomic E-state index is 0.385. The number of alkyl halides is 4. The van der Waals surface area contributed by atoms with Gasteiger partial charge in [-0.1, -0.05) is 19.4 Å². The Morgan fingerprint density at radius 2 is 1.53 bits per heavy atom. The third-order valence-corrected chi connectivity index (χ3v) is 2.61. The predicted octanol–water partition coefficient (Wildman–Crippen LogP) is 3.28. The maximum Gasteiger partial charge on any atom is 0.416 e. The summed E-state index contributed by atoms with van der Waals surface area (Å²) in [6.07, 6.45) is -3.28. The van der Waals surface area contributed by atoms with Crippen LogP contribution in [0.15, 0.2) is 12.2 Å². The summed E-state index contributed by atoms with van der Waals surface area (Å²) < 4.78 is 50.0. The molecule has 1 fully saturated rings. The molecule has 1 rings (SSSR count). The molecule has 1 aliphatic rings. The van der Waals surface area contributed by atoms with Crippen LogP contribution in [-0.2, 0) is 0 Å². The van der Waals surface area contributed by atoms with E-state index in [-0.39, 0.29) is 0 Å². The maximum atomic E-state index is 13.5. The minimum atomic E-state index is -4.63. The molecule has 0 N–H and O–H groups in total. The molecular weight excluding hydrogens is 210 g/mol. The SMILES string of the molecule is C=C(C(F)N1CCCCCC1)C(F)(F)F. The van der Waals surface area contributed by atoms with E-state index in [1.54, 1.807) is 0 Å². The van der Waals surface area contributed by atoms with Crippen LogP contribution in [-0.4, -0.2) is 30.5 Å². The van der Waals surface area contributed by atoms with Crippen LogP contribution in [0.2, 0.25) is 0 Å². The Labute approximate surface area is 86.8 Å². The molecule has 0 aromatic carbocycles. The molecule has 0 aromatic heterocycles. The fourth-order valence-corrected chi connectivity index (χ4v) is 1.68. The summed E-state index contributed by atoms with van der Waals surface area (Å²) in [4.78, 5) is 1.23. The van der Waals surface area contributed by atoms with Crippen LogP contribution in [0.25, 0.3) is 0 Å². The van der Waals surface area contributed by atoms with Gasteiger partial charge in [0, 0.05) is 13.1 Å². The average molecular weight is 225 g/mol. The number of hydrogen-bond acceptors (Lipinski definition) is 1. The van der Waals surface area contributed by atoms with Gasteiger partial charge in [-0.15, -0.1) is 0 Å². The highest BCUT2D eigenvalue weighted by Gasteiger charge is 2.39. The van der Waals surface area contributed by atoms with Gasteiger partial charge in [0.05, 0.1) is 5.57 Å². The minimum Gasteiger partial charge on any atom is -0.270 e. The van der Waals surface area contributed by atoms with Crippen LogP contribution in [0, 0.1) is 0 Å². The molecule has 0 radical (unpaired) electrons. The fraction of sp³-hybridized carbons (Fsp3) is 0.800. The lowest BCUT2D eigenvalue weighted by molar-refractivity contribution is -0.110. The molecular formula is C10H15F4N. The monoisotopic (exact) mass is 225 g/mol. The standard InChI is InChI=1S/C10H15F4N/c1-8(10(12,13)14)9(11)15-6-4-2-3-5-7-15/h9H,1-7H2. The van der Waals surface area contributed by atoms with Crippen molar-refractivity contribution in [1.82, 2.24) is 4.90 Å². The summed E-state index contributed by atoms with van der Waals surface area (Å²) in [5.74, 6) is 0. The molecule has 0 spiro atoms. The van der Waals surface area contributed by atoms with Gasteiger partial charge in [-0.25, -0.2) is 4.39 Å². The van der Waals surface area contributed by atoms with Crippen molar-refractivity contribution in [3.8, 4) is 0 Å². The maximum absolute atomic E-state index is 13.5. The van der Waals surface area contributed by atoms with Crippen molar-refractivity contribution < 1.29 is 17.6 Å². The number of likely N-dealkylation sites (tertiary alicyclic amines) is 1. The van der Waals surface area contributed by atoms with Gasteiger partial charge >= 0.3 is 6.18 Å². The van der Waals surface area contributed by atoms with Crippen molar-refractivity contribution in [3.05, 3.63) is 12.2 Å². The molecule has 0 aromatic rings. The molecule has 1 nitrogen and oxygen atoms in total. The summed E-state index contributed by atoms with van der Waals surface area (Å²) in [5.41, 5.74) is -1.29. The molecule has 88 valence electrons. The van der Waals surface area contributed by atoms with Gasteiger partial charge in [0.15, 0.2) is 6.30 Å². The quantitative estimate of drug-likeness (QED) is 0.396. The highest BCUT2D eigenvalue weighted by atomic mass is 19.4. The van der Waals surface area contributed by atoms with Crippen molar-refractivity contribution in [2.24, 2.45) is 0 Å². The van der Waals surface area contributed by atoms with Crippen LogP contribution in [0.5, 0.6) is 0 Å². The first-order valence-electron chi connectivity index (χ1n) is 5.07. The summed E-state index contributed by atoms with van der Waals surface area (Å²) in [5, 5.41) is 0. The first-order chi connectivity index (χ1) is 6.93. The van der Waals surface area contributed by atoms with Gasteiger partial charge in [-0.3, -0.25) is 4.90 Å². The lowest BCUT2D eigenvalue weighted by Gasteiger charge is -2.26.